The highest BCUT2D eigenvalue weighted by atomic mass is 35.5. The standard InChI is InChI=1S/C33H36Cl3N5O4/c1-3-23(2)41-32(42)40(22-37-41)27-7-5-25(6-8-27)38-14-16-39(17-15-38)26-9-11-28(12-10-26)43-19-29-20-44-33(21-34,45-29)30-13-4-24(35)18-31(30)36/h4-13,18,22-23,29H,3,14-17,19-21H2,1-2H3/t23?,29-,33+/m0/s1. The van der Waals surface area contributed by atoms with Gasteiger partial charge in [-0.1, -0.05) is 36.2 Å². The van der Waals surface area contributed by atoms with E-state index in [1.165, 1.54) is 4.68 Å². The first kappa shape index (κ1) is 31.8. The molecule has 12 heteroatoms. The molecule has 2 aliphatic rings. The van der Waals surface area contributed by atoms with Crippen LogP contribution in [0.1, 0.15) is 31.9 Å². The van der Waals surface area contributed by atoms with Gasteiger partial charge in [0.15, 0.2) is 0 Å². The van der Waals surface area contributed by atoms with Gasteiger partial charge in [-0.05, 0) is 74.0 Å². The molecule has 4 aromatic rings. The lowest BCUT2D eigenvalue weighted by molar-refractivity contribution is -0.161. The Hall–Kier alpha value is -3.21. The van der Waals surface area contributed by atoms with Crippen LogP contribution >= 0.6 is 34.8 Å². The summed E-state index contributed by atoms with van der Waals surface area (Å²) < 4.78 is 21.4. The SMILES string of the molecule is CCC(C)n1ncn(-c2ccc(N3CCN(c4ccc(OC[C@H]5CO[C@@](CCl)(c6ccc(Cl)cc6Cl)O5)cc4)CC3)cc2)c1=O. The van der Waals surface area contributed by atoms with Crippen LogP contribution in [0.4, 0.5) is 11.4 Å². The summed E-state index contributed by atoms with van der Waals surface area (Å²) in [6, 6.07) is 21.5. The molecule has 3 heterocycles. The number of anilines is 2. The zero-order chi connectivity index (χ0) is 31.6. The molecule has 238 valence electrons. The lowest BCUT2D eigenvalue weighted by Gasteiger charge is -2.37. The minimum atomic E-state index is -1.14. The number of halogens is 3. The predicted molar refractivity (Wildman–Crippen MR) is 179 cm³/mol. The molecule has 0 amide bonds. The fourth-order valence-corrected chi connectivity index (χ4v) is 6.52. The lowest BCUT2D eigenvalue weighted by Crippen LogP contribution is -2.46. The first-order chi connectivity index (χ1) is 21.8. The summed E-state index contributed by atoms with van der Waals surface area (Å²) in [6.45, 7) is 8.26. The number of benzene rings is 3. The van der Waals surface area contributed by atoms with Gasteiger partial charge < -0.3 is 24.0 Å². The van der Waals surface area contributed by atoms with Crippen LogP contribution in [-0.2, 0) is 15.3 Å². The van der Waals surface area contributed by atoms with Gasteiger partial charge in [0.2, 0.25) is 5.79 Å². The van der Waals surface area contributed by atoms with E-state index in [2.05, 4.69) is 39.2 Å². The second kappa shape index (κ2) is 13.6. The van der Waals surface area contributed by atoms with Crippen LogP contribution in [-0.4, -0.2) is 65.7 Å². The number of ether oxygens (including phenoxy) is 3. The van der Waals surface area contributed by atoms with E-state index in [0.717, 1.165) is 55.4 Å². The average molecular weight is 673 g/mol. The number of hydrogen-bond acceptors (Lipinski definition) is 7. The van der Waals surface area contributed by atoms with Gasteiger partial charge in [-0.25, -0.2) is 14.0 Å². The van der Waals surface area contributed by atoms with Crippen molar-refractivity contribution in [1.29, 1.82) is 0 Å². The second-order valence-electron chi connectivity index (χ2n) is 11.3. The van der Waals surface area contributed by atoms with E-state index in [1.807, 2.05) is 38.1 Å². The second-order valence-corrected chi connectivity index (χ2v) is 12.5. The van der Waals surface area contributed by atoms with Gasteiger partial charge >= 0.3 is 5.69 Å². The predicted octanol–water partition coefficient (Wildman–Crippen LogP) is 6.52. The van der Waals surface area contributed by atoms with E-state index in [-0.39, 0.29) is 23.7 Å². The van der Waals surface area contributed by atoms with Crippen molar-refractivity contribution < 1.29 is 14.2 Å². The number of aromatic nitrogens is 3. The normalized spacial score (nSPS) is 20.9. The quantitative estimate of drug-likeness (QED) is 0.178. The molecular formula is C33H36Cl3N5O4. The van der Waals surface area contributed by atoms with Crippen molar-refractivity contribution in [2.24, 2.45) is 0 Å². The third kappa shape index (κ3) is 6.69. The lowest BCUT2D eigenvalue weighted by atomic mass is 10.1. The Morgan fingerprint density at radius 3 is 2.18 bits per heavy atom. The minimum absolute atomic E-state index is 0.0683. The number of piperazine rings is 1. The molecule has 2 aliphatic heterocycles. The maximum atomic E-state index is 12.8. The van der Waals surface area contributed by atoms with Crippen LogP contribution in [0.3, 0.4) is 0 Å². The molecule has 3 atom stereocenters. The Morgan fingerprint density at radius 1 is 0.956 bits per heavy atom. The van der Waals surface area contributed by atoms with Gasteiger partial charge in [0, 0.05) is 48.1 Å². The third-order valence-corrected chi connectivity index (χ3v) is 9.39. The van der Waals surface area contributed by atoms with Crippen LogP contribution in [0.15, 0.2) is 77.9 Å². The fourth-order valence-electron chi connectivity index (χ4n) is 5.69. The first-order valence-corrected chi connectivity index (χ1v) is 16.4. The molecule has 45 heavy (non-hydrogen) atoms. The molecule has 0 bridgehead atoms. The van der Waals surface area contributed by atoms with Crippen molar-refractivity contribution in [3.05, 3.63) is 99.2 Å². The van der Waals surface area contributed by atoms with E-state index in [1.54, 1.807) is 29.1 Å². The topological polar surface area (TPSA) is 74.0 Å². The maximum Gasteiger partial charge on any atom is 0.350 e. The van der Waals surface area contributed by atoms with E-state index < -0.39 is 5.79 Å². The van der Waals surface area contributed by atoms with Crippen molar-refractivity contribution in [2.45, 2.75) is 38.2 Å². The van der Waals surface area contributed by atoms with Gasteiger partial charge in [0.05, 0.1) is 29.2 Å². The summed E-state index contributed by atoms with van der Waals surface area (Å²) >= 11 is 18.7. The maximum absolute atomic E-state index is 12.8. The highest BCUT2D eigenvalue weighted by molar-refractivity contribution is 6.35. The summed E-state index contributed by atoms with van der Waals surface area (Å²) in [5.74, 6) is -0.297. The molecule has 2 saturated heterocycles. The number of alkyl halides is 1. The van der Waals surface area contributed by atoms with Gasteiger partial charge in [0.25, 0.3) is 0 Å². The van der Waals surface area contributed by atoms with Crippen LogP contribution in [0.25, 0.3) is 5.69 Å². The van der Waals surface area contributed by atoms with Gasteiger partial charge in [-0.2, -0.15) is 5.10 Å². The average Bonchev–Trinajstić information content (AvgIpc) is 3.68. The monoisotopic (exact) mass is 671 g/mol. The third-order valence-electron chi connectivity index (χ3n) is 8.49. The molecule has 9 nitrogen and oxygen atoms in total. The first-order valence-electron chi connectivity index (χ1n) is 15.1. The fraction of sp³-hybridized carbons (Fsp3) is 0.394. The van der Waals surface area contributed by atoms with Gasteiger partial charge in [-0.15, -0.1) is 11.6 Å². The summed E-state index contributed by atoms with van der Waals surface area (Å²) in [5, 5.41) is 5.26. The highest BCUT2D eigenvalue weighted by Crippen LogP contribution is 2.40. The number of hydrogen-bond donors (Lipinski definition) is 0. The summed E-state index contributed by atoms with van der Waals surface area (Å²) in [5.41, 5.74) is 3.63. The van der Waals surface area contributed by atoms with E-state index in [0.29, 0.717) is 28.8 Å². The van der Waals surface area contributed by atoms with Crippen LogP contribution in [0.5, 0.6) is 5.75 Å². The van der Waals surface area contributed by atoms with Crippen molar-refractivity contribution in [3.63, 3.8) is 0 Å². The van der Waals surface area contributed by atoms with E-state index >= 15 is 0 Å². The molecular weight excluding hydrogens is 637 g/mol. The van der Waals surface area contributed by atoms with Gasteiger partial charge in [-0.3, -0.25) is 0 Å². The van der Waals surface area contributed by atoms with E-state index in [4.69, 9.17) is 49.0 Å². The number of rotatable bonds is 10. The molecule has 0 saturated carbocycles. The van der Waals surface area contributed by atoms with E-state index in [9.17, 15) is 4.79 Å². The Labute approximate surface area is 277 Å². The van der Waals surface area contributed by atoms with Crippen LogP contribution in [0.2, 0.25) is 10.0 Å². The van der Waals surface area contributed by atoms with Gasteiger partial charge in [0.1, 0.15) is 24.8 Å². The molecule has 0 N–H and O–H groups in total. The Kier molecular flexibility index (Phi) is 9.63. The molecule has 0 aliphatic carbocycles. The zero-order valence-corrected chi connectivity index (χ0v) is 27.5. The Balaban J connectivity index is 0.998. The summed E-state index contributed by atoms with van der Waals surface area (Å²) in [7, 11) is 0. The van der Waals surface area contributed by atoms with Crippen LogP contribution < -0.4 is 20.2 Å². The molecule has 3 aromatic carbocycles. The Bertz CT molecular complexity index is 1650. The zero-order valence-electron chi connectivity index (χ0n) is 25.2. The van der Waals surface area contributed by atoms with Crippen molar-refractivity contribution >= 4 is 46.2 Å². The molecule has 1 unspecified atom stereocenters. The molecule has 6 rings (SSSR count). The highest BCUT2D eigenvalue weighted by Gasteiger charge is 2.44. The summed E-state index contributed by atoms with van der Waals surface area (Å²) in [4.78, 5) is 17.5. The molecule has 2 fully saturated rings. The smallest absolute Gasteiger partial charge is 0.350 e. The van der Waals surface area contributed by atoms with Crippen molar-refractivity contribution in [2.75, 3.05) is 55.1 Å². The Morgan fingerprint density at radius 2 is 1.58 bits per heavy atom. The van der Waals surface area contributed by atoms with Crippen molar-refractivity contribution in [1.82, 2.24) is 14.3 Å². The summed E-state index contributed by atoms with van der Waals surface area (Å²) in [6.07, 6.45) is 2.14. The molecule has 0 radical (unpaired) electrons. The largest absolute Gasteiger partial charge is 0.491 e. The molecule has 1 aromatic heterocycles. The number of nitrogens with zero attached hydrogens (tertiary/aromatic N) is 5. The molecule has 0 spiro atoms. The van der Waals surface area contributed by atoms with Crippen LogP contribution in [0, 0.1) is 0 Å². The minimum Gasteiger partial charge on any atom is -0.491 e. The van der Waals surface area contributed by atoms with Crippen molar-refractivity contribution in [3.8, 4) is 11.4 Å².